The molecule has 4 nitrogen and oxygen atoms in total. The van der Waals surface area contributed by atoms with Crippen molar-refractivity contribution in [3.8, 4) is 11.1 Å². The van der Waals surface area contributed by atoms with Crippen LogP contribution >= 0.6 is 0 Å². The standard InChI is InChI=1S/C20H14F7NO3/c21-17(29)15(16(19(22,23)24)20(25,26)27)28(18(30)31)9-14-12-7-3-1-5-10(12)11-6-2-4-8-13(11)14/h1-8,14-16H,9H2,(H,30,31)/t15-/m0/s1. The third kappa shape index (κ3) is 4.21. The fourth-order valence-corrected chi connectivity index (χ4v) is 3.94. The number of rotatable bonds is 5. The maximum atomic E-state index is 13.6. The van der Waals surface area contributed by atoms with E-state index in [0.717, 1.165) is 0 Å². The summed E-state index contributed by atoms with van der Waals surface area (Å²) in [5.41, 5.74) is 2.10. The van der Waals surface area contributed by atoms with Crippen molar-refractivity contribution in [2.75, 3.05) is 6.54 Å². The summed E-state index contributed by atoms with van der Waals surface area (Å²) >= 11 is 0. The van der Waals surface area contributed by atoms with Crippen LogP contribution in [-0.4, -0.2) is 47.1 Å². The van der Waals surface area contributed by atoms with Crippen molar-refractivity contribution in [3.63, 3.8) is 0 Å². The molecule has 2 aromatic rings. The molecule has 2 aromatic carbocycles. The van der Waals surface area contributed by atoms with E-state index < -0.39 is 53.8 Å². The Morgan fingerprint density at radius 3 is 1.65 bits per heavy atom. The zero-order valence-corrected chi connectivity index (χ0v) is 15.4. The molecule has 0 spiro atoms. The Kier molecular flexibility index (Phi) is 5.72. The van der Waals surface area contributed by atoms with Gasteiger partial charge in [-0.15, -0.1) is 0 Å². The van der Waals surface area contributed by atoms with Crippen LogP contribution in [-0.2, 0) is 4.79 Å². The number of fused-ring (bicyclic) bond motifs is 3. The number of alkyl halides is 6. The molecule has 0 heterocycles. The topological polar surface area (TPSA) is 57.6 Å². The van der Waals surface area contributed by atoms with E-state index in [1.54, 1.807) is 36.4 Å². The maximum Gasteiger partial charge on any atom is 0.408 e. The van der Waals surface area contributed by atoms with Crippen LogP contribution in [0.2, 0.25) is 0 Å². The second-order valence-electron chi connectivity index (χ2n) is 6.97. The molecule has 11 heteroatoms. The van der Waals surface area contributed by atoms with Crippen molar-refractivity contribution < 1.29 is 45.4 Å². The second kappa shape index (κ2) is 7.86. The van der Waals surface area contributed by atoms with E-state index in [1.807, 2.05) is 0 Å². The van der Waals surface area contributed by atoms with Crippen LogP contribution in [0.1, 0.15) is 17.0 Å². The largest absolute Gasteiger partial charge is 0.465 e. The predicted molar refractivity (Wildman–Crippen MR) is 94.0 cm³/mol. The van der Waals surface area contributed by atoms with Gasteiger partial charge in [0.1, 0.15) is 6.04 Å². The van der Waals surface area contributed by atoms with Gasteiger partial charge in [0, 0.05) is 12.5 Å². The van der Waals surface area contributed by atoms with Gasteiger partial charge in [-0.2, -0.15) is 30.7 Å². The lowest BCUT2D eigenvalue weighted by Gasteiger charge is -2.35. The number of benzene rings is 2. The summed E-state index contributed by atoms with van der Waals surface area (Å²) in [6.07, 6.45) is -14.5. The summed E-state index contributed by atoms with van der Waals surface area (Å²) in [6.45, 7) is -0.980. The zero-order valence-electron chi connectivity index (χ0n) is 15.4. The number of hydrogen-bond acceptors (Lipinski definition) is 2. The molecule has 1 aliphatic rings. The molecule has 0 fully saturated rings. The SMILES string of the molecule is O=C(F)[C@H](C(C(F)(F)F)C(F)(F)F)N(CC1c2ccccc2-c2ccccc21)C(=O)O. The number of halogens is 7. The molecule has 0 bridgehead atoms. The summed E-state index contributed by atoms with van der Waals surface area (Å²) in [7, 11) is 0. The molecule has 0 radical (unpaired) electrons. The molecule has 1 amide bonds. The second-order valence-corrected chi connectivity index (χ2v) is 6.97. The maximum absolute atomic E-state index is 13.6. The Morgan fingerprint density at radius 1 is 0.871 bits per heavy atom. The number of hydrogen-bond donors (Lipinski definition) is 1. The van der Waals surface area contributed by atoms with Gasteiger partial charge in [0.05, 0.1) is 0 Å². The Labute approximate surface area is 170 Å². The Morgan fingerprint density at radius 2 is 1.29 bits per heavy atom. The first-order valence-electron chi connectivity index (χ1n) is 8.84. The van der Waals surface area contributed by atoms with Crippen molar-refractivity contribution in [1.29, 1.82) is 0 Å². The third-order valence-electron chi connectivity index (χ3n) is 5.18. The molecule has 0 aliphatic heterocycles. The normalized spacial score (nSPS) is 14.8. The Hall–Kier alpha value is -3.11. The van der Waals surface area contributed by atoms with E-state index in [9.17, 15) is 45.4 Å². The monoisotopic (exact) mass is 449 g/mol. The van der Waals surface area contributed by atoms with Gasteiger partial charge in [-0.3, -0.25) is 9.69 Å². The van der Waals surface area contributed by atoms with Gasteiger partial charge in [-0.25, -0.2) is 4.79 Å². The molecular formula is C20H14F7NO3. The van der Waals surface area contributed by atoms with Gasteiger partial charge in [0.15, 0.2) is 5.92 Å². The average molecular weight is 449 g/mol. The quantitative estimate of drug-likeness (QED) is 0.492. The molecule has 0 saturated carbocycles. The lowest BCUT2D eigenvalue weighted by molar-refractivity contribution is -0.296. The first-order valence-corrected chi connectivity index (χ1v) is 8.84. The van der Waals surface area contributed by atoms with Gasteiger partial charge in [-0.05, 0) is 22.3 Å². The van der Waals surface area contributed by atoms with E-state index >= 15 is 0 Å². The van der Waals surface area contributed by atoms with Crippen molar-refractivity contribution >= 4 is 12.1 Å². The van der Waals surface area contributed by atoms with Crippen LogP contribution in [0.4, 0.5) is 35.5 Å². The molecule has 0 unspecified atom stereocenters. The van der Waals surface area contributed by atoms with Gasteiger partial charge in [0.2, 0.25) is 0 Å². The summed E-state index contributed by atoms with van der Waals surface area (Å²) in [4.78, 5) is 22.6. The lowest BCUT2D eigenvalue weighted by atomic mass is 9.92. The molecule has 3 rings (SSSR count). The van der Waals surface area contributed by atoms with Crippen LogP contribution in [0.3, 0.4) is 0 Å². The lowest BCUT2D eigenvalue weighted by Crippen LogP contribution is -2.57. The minimum Gasteiger partial charge on any atom is -0.465 e. The summed E-state index contributed by atoms with van der Waals surface area (Å²) < 4.78 is 92.7. The number of amides is 1. The highest BCUT2D eigenvalue weighted by Gasteiger charge is 2.64. The Bertz CT molecular complexity index is 943. The van der Waals surface area contributed by atoms with Crippen molar-refractivity contribution in [1.82, 2.24) is 4.90 Å². The van der Waals surface area contributed by atoms with E-state index in [1.165, 1.54) is 12.1 Å². The van der Waals surface area contributed by atoms with Crippen LogP contribution in [0, 0.1) is 5.92 Å². The van der Waals surface area contributed by atoms with Crippen LogP contribution in [0.15, 0.2) is 48.5 Å². The number of carbonyl (C=O) groups excluding carboxylic acids is 1. The Balaban J connectivity index is 2.10. The molecule has 31 heavy (non-hydrogen) atoms. The molecule has 0 aromatic heterocycles. The molecule has 166 valence electrons. The van der Waals surface area contributed by atoms with E-state index in [4.69, 9.17) is 0 Å². The summed E-state index contributed by atoms with van der Waals surface area (Å²) in [5.74, 6) is -5.51. The fraction of sp³-hybridized carbons (Fsp3) is 0.300. The molecule has 1 aliphatic carbocycles. The number of nitrogens with zero attached hydrogens (tertiary/aromatic N) is 1. The fourth-order valence-electron chi connectivity index (χ4n) is 3.94. The van der Waals surface area contributed by atoms with Crippen molar-refractivity contribution in [3.05, 3.63) is 59.7 Å². The van der Waals surface area contributed by atoms with Gasteiger partial charge >= 0.3 is 24.5 Å². The molecule has 1 atom stereocenters. The third-order valence-corrected chi connectivity index (χ3v) is 5.18. The average Bonchev–Trinajstić information content (AvgIpc) is 2.96. The highest BCUT2D eigenvalue weighted by Crippen LogP contribution is 2.47. The van der Waals surface area contributed by atoms with E-state index in [0.29, 0.717) is 22.3 Å². The van der Waals surface area contributed by atoms with Crippen LogP contribution < -0.4 is 0 Å². The summed E-state index contributed by atoms with van der Waals surface area (Å²) in [6, 6.07) is 6.17. The van der Waals surface area contributed by atoms with Crippen LogP contribution in [0.25, 0.3) is 11.1 Å². The zero-order chi connectivity index (χ0) is 23.1. The van der Waals surface area contributed by atoms with Gasteiger partial charge < -0.3 is 5.11 Å². The van der Waals surface area contributed by atoms with Crippen molar-refractivity contribution in [2.45, 2.75) is 24.3 Å². The minimum atomic E-state index is -6.11. The highest BCUT2D eigenvalue weighted by molar-refractivity contribution is 5.82. The molecular weight excluding hydrogens is 435 g/mol. The predicted octanol–water partition coefficient (Wildman–Crippen LogP) is 5.38. The van der Waals surface area contributed by atoms with E-state index in [2.05, 4.69) is 0 Å². The van der Waals surface area contributed by atoms with Gasteiger partial charge in [0.25, 0.3) is 0 Å². The number of carbonyl (C=O) groups is 2. The first kappa shape index (κ1) is 22.6. The smallest absolute Gasteiger partial charge is 0.408 e. The van der Waals surface area contributed by atoms with Crippen molar-refractivity contribution in [2.24, 2.45) is 5.92 Å². The first-order chi connectivity index (χ1) is 14.3. The molecule has 1 N–H and O–H groups in total. The number of carboxylic acid groups (broad SMARTS) is 1. The highest BCUT2D eigenvalue weighted by atomic mass is 19.4. The van der Waals surface area contributed by atoms with Gasteiger partial charge in [-0.1, -0.05) is 48.5 Å². The minimum absolute atomic E-state index is 0.405. The van der Waals surface area contributed by atoms with E-state index in [-0.39, 0.29) is 0 Å². The molecule has 0 saturated heterocycles. The van der Waals surface area contributed by atoms with Crippen LogP contribution in [0.5, 0.6) is 0 Å². The summed E-state index contributed by atoms with van der Waals surface area (Å²) in [5, 5.41) is 9.40.